The largest absolute Gasteiger partial charge is 0.395 e. The molecule has 198 valence electrons. The smallest absolute Gasteiger partial charge is 0.267 e. The molecular weight excluding hydrogens is 516 g/mol. The molecule has 37 heavy (non-hydrogen) atoms. The summed E-state index contributed by atoms with van der Waals surface area (Å²) in [5.74, 6) is 1.85. The first-order valence-electron chi connectivity index (χ1n) is 11.7. The van der Waals surface area contributed by atoms with Gasteiger partial charge in [0.05, 0.1) is 23.5 Å². The number of halogens is 1. The van der Waals surface area contributed by atoms with Crippen molar-refractivity contribution in [1.29, 1.82) is 0 Å². The summed E-state index contributed by atoms with van der Waals surface area (Å²) in [6, 6.07) is 7.37. The van der Waals surface area contributed by atoms with E-state index in [0.29, 0.717) is 45.3 Å². The van der Waals surface area contributed by atoms with Crippen molar-refractivity contribution in [3.8, 4) is 0 Å². The molecule has 2 amide bonds. The van der Waals surface area contributed by atoms with E-state index in [1.807, 2.05) is 32.0 Å². The molecule has 3 heterocycles. The van der Waals surface area contributed by atoms with Crippen molar-refractivity contribution in [2.24, 2.45) is 0 Å². The third-order valence-electron chi connectivity index (χ3n) is 5.48. The summed E-state index contributed by atoms with van der Waals surface area (Å²) in [6.45, 7) is 8.03. The van der Waals surface area contributed by atoms with E-state index in [1.165, 1.54) is 17.5 Å². The van der Waals surface area contributed by atoms with Gasteiger partial charge in [-0.2, -0.15) is 0 Å². The van der Waals surface area contributed by atoms with E-state index in [-0.39, 0.29) is 12.5 Å². The molecule has 1 aliphatic rings. The van der Waals surface area contributed by atoms with Crippen LogP contribution in [-0.2, 0) is 4.79 Å². The van der Waals surface area contributed by atoms with Gasteiger partial charge in [0, 0.05) is 45.8 Å². The van der Waals surface area contributed by atoms with Crippen LogP contribution in [0.4, 0.5) is 22.5 Å². The van der Waals surface area contributed by atoms with Gasteiger partial charge in [-0.15, -0.1) is 0 Å². The maximum atomic E-state index is 12.7. The minimum absolute atomic E-state index is 0.173. The third-order valence-corrected chi connectivity index (χ3v) is 6.71. The van der Waals surface area contributed by atoms with Crippen molar-refractivity contribution in [1.82, 2.24) is 25.2 Å². The van der Waals surface area contributed by atoms with Gasteiger partial charge in [-0.25, -0.2) is 15.0 Å². The molecular formula is C24H31ClN8O3S. The normalized spacial score (nSPS) is 13.4. The second kappa shape index (κ2) is 13.8. The molecule has 0 atom stereocenters. The van der Waals surface area contributed by atoms with E-state index in [0.717, 1.165) is 37.6 Å². The fourth-order valence-electron chi connectivity index (χ4n) is 3.63. The number of aliphatic hydroxyl groups excluding tert-OH is 1. The van der Waals surface area contributed by atoms with E-state index in [1.54, 1.807) is 13.1 Å². The Morgan fingerprint density at radius 2 is 1.95 bits per heavy atom. The number of hydrogen-bond acceptors (Lipinski definition) is 10. The lowest BCUT2D eigenvalue weighted by Crippen LogP contribution is -2.47. The zero-order valence-electron chi connectivity index (χ0n) is 21.0. The molecule has 0 radical (unpaired) electrons. The second-order valence-corrected chi connectivity index (χ2v) is 9.60. The predicted molar refractivity (Wildman–Crippen MR) is 147 cm³/mol. The highest BCUT2D eigenvalue weighted by Crippen LogP contribution is 2.28. The van der Waals surface area contributed by atoms with Gasteiger partial charge in [-0.1, -0.05) is 35.1 Å². The summed E-state index contributed by atoms with van der Waals surface area (Å²) < 4.78 is 0. The highest BCUT2D eigenvalue weighted by molar-refractivity contribution is 7.17. The van der Waals surface area contributed by atoms with Crippen LogP contribution in [0.1, 0.15) is 21.1 Å². The number of benzene rings is 1. The Kier molecular flexibility index (Phi) is 10.6. The summed E-state index contributed by atoms with van der Waals surface area (Å²) in [5.41, 5.74) is 1.49. The quantitative estimate of drug-likeness (QED) is 0.314. The van der Waals surface area contributed by atoms with E-state index >= 15 is 0 Å². The van der Waals surface area contributed by atoms with Crippen molar-refractivity contribution in [3.05, 3.63) is 51.7 Å². The number of β-amino-alcohol motifs (C(OH)–C–C–N with tert-alkyl or cyclic N) is 1. The topological polar surface area (TPSA) is 136 Å². The van der Waals surface area contributed by atoms with Gasteiger partial charge in [0.15, 0.2) is 5.13 Å². The summed E-state index contributed by atoms with van der Waals surface area (Å²) >= 11 is 7.46. The van der Waals surface area contributed by atoms with Gasteiger partial charge < -0.3 is 26.0 Å². The molecule has 1 aromatic carbocycles. The first-order valence-corrected chi connectivity index (χ1v) is 12.9. The number of piperazine rings is 1. The van der Waals surface area contributed by atoms with Crippen LogP contribution < -0.4 is 20.9 Å². The van der Waals surface area contributed by atoms with Gasteiger partial charge in [0.1, 0.15) is 22.3 Å². The van der Waals surface area contributed by atoms with Crippen LogP contribution in [0.2, 0.25) is 5.02 Å². The highest BCUT2D eigenvalue weighted by atomic mass is 35.5. The zero-order chi connectivity index (χ0) is 26.8. The molecule has 1 fully saturated rings. The molecule has 0 bridgehead atoms. The molecule has 11 nitrogen and oxygen atoms in total. The lowest BCUT2D eigenvalue weighted by Gasteiger charge is -2.35. The number of aliphatic hydroxyl groups is 1. The number of nitrogens with one attached hydrogen (secondary N) is 3. The number of hydrogen-bond donors (Lipinski definition) is 4. The van der Waals surface area contributed by atoms with Gasteiger partial charge in [0.25, 0.3) is 5.91 Å². The molecule has 1 saturated heterocycles. The van der Waals surface area contributed by atoms with E-state index in [9.17, 15) is 4.79 Å². The molecule has 0 saturated carbocycles. The highest BCUT2D eigenvalue weighted by Gasteiger charge is 2.19. The van der Waals surface area contributed by atoms with Crippen LogP contribution in [0.15, 0.2) is 30.5 Å². The van der Waals surface area contributed by atoms with E-state index < -0.39 is 0 Å². The summed E-state index contributed by atoms with van der Waals surface area (Å²) in [6.07, 6.45) is 2.16. The minimum atomic E-state index is -0.267. The maximum Gasteiger partial charge on any atom is 0.267 e. The Hall–Kier alpha value is -3.32. The fraction of sp³-hybridized carbons (Fsp3) is 0.375. The predicted octanol–water partition coefficient (Wildman–Crippen LogP) is 2.68. The first kappa shape index (κ1) is 28.3. The zero-order valence-corrected chi connectivity index (χ0v) is 22.6. The van der Waals surface area contributed by atoms with Crippen LogP contribution in [0, 0.1) is 13.8 Å². The standard InChI is InChI=1S/C22H26ClN7O2S.C2H5NO/c1-14-4-3-5-16(23)20(14)28-21(32)17-13-24-22(33-17)27-18-12-19(26-15(2)25-18)30-8-6-29(7-9-30)10-11-31;1-3-2-4/h3-5,12-13,31H,6-11H2,1-2H3,(H,28,32)(H,24,25,26,27);2H,1H3,(H,3,4). The Morgan fingerprint density at radius 3 is 2.59 bits per heavy atom. The Balaban J connectivity index is 0.000000886. The summed E-state index contributed by atoms with van der Waals surface area (Å²) in [4.78, 5) is 40.0. The number of aromatic nitrogens is 3. The van der Waals surface area contributed by atoms with Gasteiger partial charge in [-0.05, 0) is 25.5 Å². The number of carbonyl (C=O) groups is 2. The van der Waals surface area contributed by atoms with Crippen LogP contribution in [0.3, 0.4) is 0 Å². The van der Waals surface area contributed by atoms with Gasteiger partial charge >= 0.3 is 0 Å². The minimum Gasteiger partial charge on any atom is -0.395 e. The number of para-hydroxylation sites is 1. The monoisotopic (exact) mass is 546 g/mol. The van der Waals surface area contributed by atoms with Crippen LogP contribution in [0.5, 0.6) is 0 Å². The van der Waals surface area contributed by atoms with E-state index in [2.05, 4.69) is 40.7 Å². The number of thiazole rings is 1. The molecule has 0 unspecified atom stereocenters. The van der Waals surface area contributed by atoms with Gasteiger partial charge in [0.2, 0.25) is 6.41 Å². The van der Waals surface area contributed by atoms with Crippen molar-refractivity contribution < 1.29 is 14.7 Å². The summed E-state index contributed by atoms with van der Waals surface area (Å²) in [5, 5.41) is 18.5. The van der Waals surface area contributed by atoms with Crippen molar-refractivity contribution in [2.45, 2.75) is 13.8 Å². The maximum absolute atomic E-state index is 12.7. The Labute approximate surface area is 224 Å². The van der Waals surface area contributed by atoms with Crippen LogP contribution >= 0.6 is 22.9 Å². The SMILES string of the molecule is CNC=O.Cc1nc(Nc2ncc(C(=O)Nc3c(C)cccc3Cl)s2)cc(N2CCN(CCO)CC2)n1. The van der Waals surface area contributed by atoms with Gasteiger partial charge in [-0.3, -0.25) is 14.5 Å². The summed E-state index contributed by atoms with van der Waals surface area (Å²) in [7, 11) is 1.56. The average molecular weight is 547 g/mol. The molecule has 0 spiro atoms. The number of anilines is 4. The number of rotatable bonds is 8. The molecule has 0 aliphatic carbocycles. The molecule has 2 aromatic heterocycles. The second-order valence-electron chi connectivity index (χ2n) is 8.16. The molecule has 13 heteroatoms. The molecule has 3 aromatic rings. The van der Waals surface area contributed by atoms with Crippen LogP contribution in [-0.4, -0.2) is 83.7 Å². The van der Waals surface area contributed by atoms with Crippen molar-refractivity contribution in [3.63, 3.8) is 0 Å². The lowest BCUT2D eigenvalue weighted by molar-refractivity contribution is -0.109. The molecule has 1 aliphatic heterocycles. The number of aryl methyl sites for hydroxylation is 2. The fourth-order valence-corrected chi connectivity index (χ4v) is 4.62. The number of nitrogens with zero attached hydrogens (tertiary/aromatic N) is 5. The Morgan fingerprint density at radius 1 is 1.22 bits per heavy atom. The van der Waals surface area contributed by atoms with E-state index in [4.69, 9.17) is 21.5 Å². The van der Waals surface area contributed by atoms with Crippen LogP contribution in [0.25, 0.3) is 0 Å². The Bertz CT molecular complexity index is 1180. The average Bonchev–Trinajstić information content (AvgIpc) is 3.35. The number of carbonyl (C=O) groups excluding carboxylic acids is 2. The molecule has 4 N–H and O–H groups in total. The number of amides is 2. The molecule has 4 rings (SSSR count). The first-order chi connectivity index (χ1) is 17.8. The van der Waals surface area contributed by atoms with Crippen molar-refractivity contribution >= 4 is 57.7 Å². The third kappa shape index (κ3) is 8.09. The van der Waals surface area contributed by atoms with Crippen molar-refractivity contribution in [2.75, 3.05) is 61.9 Å². The lowest BCUT2D eigenvalue weighted by atomic mass is 10.2.